The first kappa shape index (κ1) is 17.6. The normalized spacial score (nSPS) is 63.5. The third-order valence-corrected chi connectivity index (χ3v) is 9.10. The summed E-state index contributed by atoms with van der Waals surface area (Å²) < 4.78 is 5.94. The van der Waals surface area contributed by atoms with Crippen LogP contribution in [0.5, 0.6) is 0 Å². The zero-order valence-corrected chi connectivity index (χ0v) is 15.3. The van der Waals surface area contributed by atoms with Gasteiger partial charge in [-0.2, -0.15) is 0 Å². The molecule has 2 heterocycles. The molecule has 0 aromatic carbocycles. The van der Waals surface area contributed by atoms with Crippen LogP contribution in [0.1, 0.15) is 39.0 Å². The topological polar surface area (TPSA) is 110 Å². The zero-order chi connectivity index (χ0) is 18.7. The van der Waals surface area contributed by atoms with E-state index in [1.165, 1.54) is 0 Å². The highest BCUT2D eigenvalue weighted by atomic mass is 16.6. The Morgan fingerprint density at radius 3 is 2.62 bits per heavy atom. The maximum absolute atomic E-state index is 11.7. The number of aliphatic hydroxyl groups excluding tert-OH is 4. The number of aliphatic hydroxyl groups is 5. The summed E-state index contributed by atoms with van der Waals surface area (Å²) >= 11 is 0. The number of hydrogen-bond donors (Lipinski definition) is 5. The Hall–Kier alpha value is -0.500. The fraction of sp³-hybridized carbons (Fsp3) is 0.900. The lowest BCUT2D eigenvalue weighted by Gasteiger charge is -2.75. The smallest absolute Gasteiger partial charge is 0.201 e. The molecule has 10 atom stereocenters. The quantitative estimate of drug-likeness (QED) is 0.423. The molecule has 4 bridgehead atoms. The minimum Gasteiger partial charge on any atom is -0.396 e. The lowest BCUT2D eigenvalue weighted by molar-refractivity contribution is -0.465. The second-order valence-corrected chi connectivity index (χ2v) is 10.0. The van der Waals surface area contributed by atoms with Gasteiger partial charge in [0.1, 0.15) is 6.10 Å². The maximum Gasteiger partial charge on any atom is 0.201 e. The SMILES string of the molecule is C=C1C(O)[C@]23C[C@H]1C[C@H](O)[C@H]2[C@]12CCC[C@@](C)(CO)[C@H]1[C@H](O)[C@]3(O)OC2. The average Bonchev–Trinajstić information content (AvgIpc) is 2.80. The molecule has 2 saturated heterocycles. The van der Waals surface area contributed by atoms with Gasteiger partial charge in [0, 0.05) is 23.9 Å². The lowest BCUT2D eigenvalue weighted by atomic mass is 9.36. The van der Waals surface area contributed by atoms with E-state index in [4.69, 9.17) is 4.74 Å². The molecule has 4 aliphatic carbocycles. The van der Waals surface area contributed by atoms with E-state index < -0.39 is 40.3 Å². The van der Waals surface area contributed by atoms with Gasteiger partial charge in [-0.05, 0) is 42.6 Å². The molecular weight excluding hydrogens is 336 g/mol. The molecule has 6 rings (SSSR count). The Bertz CT molecular complexity index is 667. The number of ether oxygens (including phenoxy) is 1. The monoisotopic (exact) mass is 366 g/mol. The van der Waals surface area contributed by atoms with E-state index in [1.54, 1.807) is 0 Å². The molecule has 4 saturated carbocycles. The highest BCUT2D eigenvalue weighted by Gasteiger charge is 2.84. The van der Waals surface area contributed by atoms with E-state index in [2.05, 4.69) is 6.58 Å². The Kier molecular flexibility index (Phi) is 3.32. The highest BCUT2D eigenvalue weighted by Crippen LogP contribution is 2.77. The van der Waals surface area contributed by atoms with Crippen molar-refractivity contribution in [1.82, 2.24) is 0 Å². The van der Waals surface area contributed by atoms with Crippen LogP contribution in [-0.4, -0.2) is 62.8 Å². The summed E-state index contributed by atoms with van der Waals surface area (Å²) in [4.78, 5) is 0. The third kappa shape index (κ3) is 1.55. The summed E-state index contributed by atoms with van der Waals surface area (Å²) in [5.74, 6) is -2.76. The van der Waals surface area contributed by atoms with Gasteiger partial charge in [0.2, 0.25) is 5.79 Å². The van der Waals surface area contributed by atoms with Gasteiger partial charge in [-0.3, -0.25) is 0 Å². The highest BCUT2D eigenvalue weighted by molar-refractivity contribution is 5.35. The van der Waals surface area contributed by atoms with Crippen LogP contribution < -0.4 is 0 Å². The average molecular weight is 366 g/mol. The second-order valence-electron chi connectivity index (χ2n) is 10.0. The molecule has 0 radical (unpaired) electrons. The molecule has 26 heavy (non-hydrogen) atoms. The fourth-order valence-electron chi connectivity index (χ4n) is 8.23. The molecule has 6 nitrogen and oxygen atoms in total. The second kappa shape index (κ2) is 4.91. The van der Waals surface area contributed by atoms with Crippen LogP contribution >= 0.6 is 0 Å². The van der Waals surface area contributed by atoms with Crippen molar-refractivity contribution in [2.75, 3.05) is 13.2 Å². The molecule has 5 N–H and O–H groups in total. The Labute approximate surface area is 153 Å². The van der Waals surface area contributed by atoms with Crippen molar-refractivity contribution in [3.8, 4) is 0 Å². The van der Waals surface area contributed by atoms with Crippen LogP contribution in [0.15, 0.2) is 12.2 Å². The van der Waals surface area contributed by atoms with Crippen LogP contribution in [0.3, 0.4) is 0 Å². The van der Waals surface area contributed by atoms with E-state index in [0.717, 1.165) is 19.3 Å². The van der Waals surface area contributed by atoms with Gasteiger partial charge in [-0.1, -0.05) is 19.9 Å². The minimum absolute atomic E-state index is 0.0712. The third-order valence-electron chi connectivity index (χ3n) is 9.10. The summed E-state index contributed by atoms with van der Waals surface area (Å²) in [7, 11) is 0. The molecule has 146 valence electrons. The van der Waals surface area contributed by atoms with Gasteiger partial charge < -0.3 is 30.3 Å². The molecule has 0 amide bonds. The predicted octanol–water partition coefficient (Wildman–Crippen LogP) is 0.169. The molecule has 6 heteroatoms. The molecule has 0 aromatic rings. The van der Waals surface area contributed by atoms with E-state index >= 15 is 0 Å². The molecule has 6 aliphatic rings. The first-order valence-electron chi connectivity index (χ1n) is 9.88. The van der Waals surface area contributed by atoms with Crippen molar-refractivity contribution in [3.63, 3.8) is 0 Å². The van der Waals surface area contributed by atoms with Gasteiger partial charge in [0.15, 0.2) is 0 Å². The van der Waals surface area contributed by atoms with Crippen LogP contribution in [0, 0.1) is 34.0 Å². The summed E-state index contributed by atoms with van der Waals surface area (Å²) in [6.07, 6.45) is 0.484. The first-order valence-corrected chi connectivity index (χ1v) is 9.88. The van der Waals surface area contributed by atoms with Crippen molar-refractivity contribution in [2.24, 2.45) is 34.0 Å². The van der Waals surface area contributed by atoms with E-state index in [0.29, 0.717) is 18.4 Å². The van der Waals surface area contributed by atoms with Gasteiger partial charge in [0.25, 0.3) is 0 Å². The molecule has 6 fully saturated rings. The van der Waals surface area contributed by atoms with Crippen LogP contribution in [0.4, 0.5) is 0 Å². The molecule has 2 spiro atoms. The number of fused-ring (bicyclic) bond motifs is 2. The fourth-order valence-corrected chi connectivity index (χ4v) is 8.23. The molecule has 1 unspecified atom stereocenters. The van der Waals surface area contributed by atoms with Crippen LogP contribution in [-0.2, 0) is 4.74 Å². The molecule has 0 aromatic heterocycles. The van der Waals surface area contributed by atoms with Gasteiger partial charge >= 0.3 is 0 Å². The van der Waals surface area contributed by atoms with E-state index in [1.807, 2.05) is 6.92 Å². The first-order chi connectivity index (χ1) is 12.2. The van der Waals surface area contributed by atoms with E-state index in [-0.39, 0.29) is 31.0 Å². The van der Waals surface area contributed by atoms with Crippen molar-refractivity contribution in [3.05, 3.63) is 12.2 Å². The lowest BCUT2D eigenvalue weighted by Crippen LogP contribution is -2.83. The van der Waals surface area contributed by atoms with Crippen molar-refractivity contribution >= 4 is 0 Å². The zero-order valence-electron chi connectivity index (χ0n) is 15.3. The summed E-state index contributed by atoms with van der Waals surface area (Å²) in [5, 5.41) is 55.4. The standard InChI is InChI=1S/C20H30O6/c1-10-11-6-12(22)13-18-5-3-4-17(2,8-21)14(18)16(24)20(25,26-9-18)19(13,7-11)15(10)23/h11-16,21-25H,1,3-9H2,2H3/t11-,12+,13+,14-,15?,16+,17+,18-,19+,20+/m1/s1. The van der Waals surface area contributed by atoms with Crippen LogP contribution in [0.2, 0.25) is 0 Å². The van der Waals surface area contributed by atoms with Gasteiger partial charge in [-0.25, -0.2) is 0 Å². The predicted molar refractivity (Wildman–Crippen MR) is 91.7 cm³/mol. The summed E-state index contributed by atoms with van der Waals surface area (Å²) in [5.41, 5.74) is -1.60. The Morgan fingerprint density at radius 1 is 1.19 bits per heavy atom. The van der Waals surface area contributed by atoms with Gasteiger partial charge in [0.05, 0.1) is 24.2 Å². The van der Waals surface area contributed by atoms with Crippen molar-refractivity contribution in [1.29, 1.82) is 0 Å². The Balaban J connectivity index is 1.76. The Morgan fingerprint density at radius 2 is 1.92 bits per heavy atom. The molecule has 2 aliphatic heterocycles. The van der Waals surface area contributed by atoms with Crippen LogP contribution in [0.25, 0.3) is 0 Å². The largest absolute Gasteiger partial charge is 0.396 e. The molecular formula is C20H30O6. The maximum atomic E-state index is 11.7. The van der Waals surface area contributed by atoms with Crippen molar-refractivity contribution < 1.29 is 30.3 Å². The summed E-state index contributed by atoms with van der Waals surface area (Å²) in [6, 6.07) is 0. The van der Waals surface area contributed by atoms with E-state index in [9.17, 15) is 25.5 Å². The van der Waals surface area contributed by atoms with Crippen molar-refractivity contribution in [2.45, 2.75) is 63.1 Å². The number of rotatable bonds is 1. The van der Waals surface area contributed by atoms with Gasteiger partial charge in [-0.15, -0.1) is 0 Å². The number of hydrogen-bond acceptors (Lipinski definition) is 6. The minimum atomic E-state index is -1.93. The summed E-state index contributed by atoms with van der Waals surface area (Å²) in [6.45, 7) is 6.15.